The Morgan fingerprint density at radius 3 is 2.72 bits per heavy atom. The number of nitrogens with one attached hydrogen (secondary N) is 1. The summed E-state index contributed by atoms with van der Waals surface area (Å²) in [6.07, 6.45) is 11.4. The molecule has 18 heavy (non-hydrogen) atoms. The zero-order valence-electron chi connectivity index (χ0n) is 11.4. The molecular formula is C17H25N. The summed E-state index contributed by atoms with van der Waals surface area (Å²) in [6.45, 7) is 3.38. The molecule has 0 aliphatic heterocycles. The fourth-order valence-corrected chi connectivity index (χ4v) is 2.77. The van der Waals surface area contributed by atoms with E-state index in [0.717, 1.165) is 12.5 Å². The average molecular weight is 243 g/mol. The van der Waals surface area contributed by atoms with Crippen molar-refractivity contribution in [1.82, 2.24) is 5.32 Å². The summed E-state index contributed by atoms with van der Waals surface area (Å²) in [5.74, 6) is 0.831. The monoisotopic (exact) mass is 243 g/mol. The van der Waals surface area contributed by atoms with Gasteiger partial charge in [-0.05, 0) is 24.3 Å². The van der Waals surface area contributed by atoms with Crippen molar-refractivity contribution in [2.75, 3.05) is 6.54 Å². The summed E-state index contributed by atoms with van der Waals surface area (Å²) in [6, 6.07) is 11.2. The highest BCUT2D eigenvalue weighted by Gasteiger charge is 2.18. The van der Waals surface area contributed by atoms with Crippen LogP contribution in [-0.2, 0) is 0 Å². The van der Waals surface area contributed by atoms with Gasteiger partial charge in [0, 0.05) is 12.6 Å². The highest BCUT2D eigenvalue weighted by atomic mass is 14.9. The van der Waals surface area contributed by atoms with Gasteiger partial charge in [0.05, 0.1) is 0 Å². The van der Waals surface area contributed by atoms with E-state index in [9.17, 15) is 0 Å². The van der Waals surface area contributed by atoms with Crippen molar-refractivity contribution < 1.29 is 0 Å². The molecule has 1 aromatic rings. The smallest absolute Gasteiger partial charge is 0.0140 e. The maximum Gasteiger partial charge on any atom is 0.0140 e. The first-order chi connectivity index (χ1) is 8.86. The van der Waals surface area contributed by atoms with Crippen LogP contribution in [0.15, 0.2) is 36.4 Å². The molecule has 0 saturated heterocycles. The molecule has 1 N–H and O–H groups in total. The molecule has 1 nitrogen and oxygen atoms in total. The summed E-state index contributed by atoms with van der Waals surface area (Å²) < 4.78 is 0. The third-order valence-electron chi connectivity index (χ3n) is 3.97. The molecular weight excluding hydrogens is 218 g/mol. The SMILES string of the molecule is CC1CCCCCC1NCC=Cc1ccccc1. The fraction of sp³-hybridized carbons (Fsp3) is 0.529. The van der Waals surface area contributed by atoms with Crippen LogP contribution in [0, 0.1) is 5.92 Å². The van der Waals surface area contributed by atoms with Gasteiger partial charge in [-0.25, -0.2) is 0 Å². The lowest BCUT2D eigenvalue weighted by Crippen LogP contribution is -2.34. The zero-order chi connectivity index (χ0) is 12.6. The molecule has 0 spiro atoms. The molecule has 2 rings (SSSR count). The van der Waals surface area contributed by atoms with Gasteiger partial charge in [0.25, 0.3) is 0 Å². The normalized spacial score (nSPS) is 25.2. The minimum Gasteiger partial charge on any atom is -0.310 e. The van der Waals surface area contributed by atoms with E-state index in [1.165, 1.54) is 37.7 Å². The van der Waals surface area contributed by atoms with Gasteiger partial charge in [0.2, 0.25) is 0 Å². The van der Waals surface area contributed by atoms with Crippen molar-refractivity contribution in [2.24, 2.45) is 5.92 Å². The third-order valence-corrected chi connectivity index (χ3v) is 3.97. The minimum atomic E-state index is 0.716. The summed E-state index contributed by atoms with van der Waals surface area (Å²) in [7, 11) is 0. The van der Waals surface area contributed by atoms with Crippen molar-refractivity contribution in [3.63, 3.8) is 0 Å². The largest absolute Gasteiger partial charge is 0.310 e. The van der Waals surface area contributed by atoms with E-state index in [1.807, 2.05) is 0 Å². The maximum absolute atomic E-state index is 3.69. The zero-order valence-corrected chi connectivity index (χ0v) is 11.4. The summed E-state index contributed by atoms with van der Waals surface area (Å²) >= 11 is 0. The van der Waals surface area contributed by atoms with Crippen LogP contribution in [0.3, 0.4) is 0 Å². The summed E-state index contributed by atoms with van der Waals surface area (Å²) in [5, 5.41) is 3.69. The van der Waals surface area contributed by atoms with Gasteiger partial charge in [-0.2, -0.15) is 0 Å². The molecule has 98 valence electrons. The van der Waals surface area contributed by atoms with E-state index in [-0.39, 0.29) is 0 Å². The maximum atomic E-state index is 3.69. The van der Waals surface area contributed by atoms with Gasteiger partial charge in [-0.1, -0.05) is 68.7 Å². The van der Waals surface area contributed by atoms with Crippen LogP contribution in [0.2, 0.25) is 0 Å². The molecule has 1 fully saturated rings. The van der Waals surface area contributed by atoms with Crippen LogP contribution >= 0.6 is 0 Å². The first kappa shape index (κ1) is 13.4. The van der Waals surface area contributed by atoms with Crippen LogP contribution in [0.1, 0.15) is 44.6 Å². The molecule has 1 aliphatic carbocycles. The van der Waals surface area contributed by atoms with Crippen molar-refractivity contribution in [3.05, 3.63) is 42.0 Å². The Bertz CT molecular complexity index is 355. The van der Waals surface area contributed by atoms with Crippen LogP contribution in [0.5, 0.6) is 0 Å². The molecule has 1 saturated carbocycles. The molecule has 0 bridgehead atoms. The van der Waals surface area contributed by atoms with Gasteiger partial charge >= 0.3 is 0 Å². The lowest BCUT2D eigenvalue weighted by molar-refractivity contribution is 0.369. The quantitative estimate of drug-likeness (QED) is 0.779. The molecule has 1 heteroatoms. The number of rotatable bonds is 4. The Balaban J connectivity index is 1.75. The second kappa shape index (κ2) is 7.38. The molecule has 0 aromatic heterocycles. The number of hydrogen-bond acceptors (Lipinski definition) is 1. The highest BCUT2D eigenvalue weighted by molar-refractivity contribution is 5.48. The minimum absolute atomic E-state index is 0.716. The van der Waals surface area contributed by atoms with Crippen LogP contribution < -0.4 is 5.32 Å². The Kier molecular flexibility index (Phi) is 5.47. The lowest BCUT2D eigenvalue weighted by Gasteiger charge is -2.22. The first-order valence-corrected chi connectivity index (χ1v) is 7.31. The number of hydrogen-bond donors (Lipinski definition) is 1. The topological polar surface area (TPSA) is 12.0 Å². The first-order valence-electron chi connectivity index (χ1n) is 7.31. The molecule has 0 heterocycles. The van der Waals surface area contributed by atoms with Crippen molar-refractivity contribution in [2.45, 2.75) is 45.1 Å². The van der Waals surface area contributed by atoms with Crippen molar-refractivity contribution in [1.29, 1.82) is 0 Å². The second-order valence-corrected chi connectivity index (χ2v) is 5.44. The van der Waals surface area contributed by atoms with Gasteiger partial charge in [-0.3, -0.25) is 0 Å². The molecule has 1 aromatic carbocycles. The lowest BCUT2D eigenvalue weighted by atomic mass is 9.97. The number of benzene rings is 1. The molecule has 2 atom stereocenters. The highest BCUT2D eigenvalue weighted by Crippen LogP contribution is 2.22. The molecule has 0 amide bonds. The Labute approximate surface area is 111 Å². The van der Waals surface area contributed by atoms with Gasteiger partial charge in [0.1, 0.15) is 0 Å². The summed E-state index contributed by atoms with van der Waals surface area (Å²) in [4.78, 5) is 0. The van der Waals surface area contributed by atoms with E-state index in [4.69, 9.17) is 0 Å². The van der Waals surface area contributed by atoms with Crippen LogP contribution in [0.25, 0.3) is 6.08 Å². The molecule has 2 unspecified atom stereocenters. The van der Waals surface area contributed by atoms with E-state index in [2.05, 4.69) is 54.7 Å². The fourth-order valence-electron chi connectivity index (χ4n) is 2.77. The van der Waals surface area contributed by atoms with E-state index < -0.39 is 0 Å². The van der Waals surface area contributed by atoms with E-state index in [1.54, 1.807) is 0 Å². The summed E-state index contributed by atoms with van der Waals surface area (Å²) in [5.41, 5.74) is 1.29. The predicted molar refractivity (Wildman–Crippen MR) is 79.5 cm³/mol. The Morgan fingerprint density at radius 2 is 1.89 bits per heavy atom. The van der Waals surface area contributed by atoms with Gasteiger partial charge in [0.15, 0.2) is 0 Å². The van der Waals surface area contributed by atoms with E-state index >= 15 is 0 Å². The van der Waals surface area contributed by atoms with Crippen LogP contribution in [0.4, 0.5) is 0 Å². The molecule has 1 aliphatic rings. The van der Waals surface area contributed by atoms with Gasteiger partial charge in [-0.15, -0.1) is 0 Å². The second-order valence-electron chi connectivity index (χ2n) is 5.44. The van der Waals surface area contributed by atoms with E-state index in [0.29, 0.717) is 6.04 Å². The van der Waals surface area contributed by atoms with Crippen LogP contribution in [-0.4, -0.2) is 12.6 Å². The van der Waals surface area contributed by atoms with Crippen molar-refractivity contribution in [3.8, 4) is 0 Å². The Hall–Kier alpha value is -1.08. The average Bonchev–Trinajstić information content (AvgIpc) is 2.61. The Morgan fingerprint density at radius 1 is 1.11 bits per heavy atom. The van der Waals surface area contributed by atoms with Gasteiger partial charge < -0.3 is 5.32 Å². The third kappa shape index (κ3) is 4.30. The standard InChI is InChI=1S/C17H25N/c1-15-9-4-2-7-13-17(15)18-14-8-12-16-10-5-3-6-11-16/h3,5-6,8,10-12,15,17-18H,2,4,7,9,13-14H2,1H3. The molecule has 0 radical (unpaired) electrons. The predicted octanol–water partition coefficient (Wildman–Crippen LogP) is 4.26. The van der Waals surface area contributed by atoms with Crippen molar-refractivity contribution >= 4 is 6.08 Å².